The highest BCUT2D eigenvalue weighted by Crippen LogP contribution is 2.33. The number of nitrogens with zero attached hydrogens (tertiary/aromatic N) is 2. The molecule has 1 N–H and O–H groups in total. The molecule has 3 aromatic carbocycles. The summed E-state index contributed by atoms with van der Waals surface area (Å²) >= 11 is 12.5. The van der Waals surface area contributed by atoms with Gasteiger partial charge in [-0.1, -0.05) is 66.4 Å². The summed E-state index contributed by atoms with van der Waals surface area (Å²) in [6.45, 7) is 3.15. The Bertz CT molecular complexity index is 1490. The van der Waals surface area contributed by atoms with Crippen LogP contribution in [0.15, 0.2) is 77.7 Å². The summed E-state index contributed by atoms with van der Waals surface area (Å²) in [6.07, 6.45) is 3.85. The Balaban J connectivity index is 1.73. The smallest absolute Gasteiger partial charge is 0.264 e. The zero-order valence-electron chi connectivity index (χ0n) is 23.6. The van der Waals surface area contributed by atoms with Crippen molar-refractivity contribution in [2.24, 2.45) is 0 Å². The lowest BCUT2D eigenvalue weighted by Gasteiger charge is -2.33. The van der Waals surface area contributed by atoms with Gasteiger partial charge in [-0.3, -0.25) is 13.9 Å². The number of benzene rings is 3. The summed E-state index contributed by atoms with van der Waals surface area (Å²) in [7, 11) is -4.27. The van der Waals surface area contributed by atoms with Crippen LogP contribution >= 0.6 is 23.2 Å². The van der Waals surface area contributed by atoms with Crippen molar-refractivity contribution >= 4 is 50.7 Å². The van der Waals surface area contributed by atoms with E-state index in [4.69, 9.17) is 27.9 Å². The first-order chi connectivity index (χ1) is 20.1. The highest BCUT2D eigenvalue weighted by molar-refractivity contribution is 7.92. The predicted octanol–water partition coefficient (Wildman–Crippen LogP) is 6.06. The molecule has 0 heterocycles. The Morgan fingerprint density at radius 2 is 1.62 bits per heavy atom. The zero-order valence-corrected chi connectivity index (χ0v) is 26.0. The molecule has 1 atom stereocenters. The van der Waals surface area contributed by atoms with Crippen LogP contribution in [-0.4, -0.2) is 50.4 Å². The molecule has 3 aromatic rings. The number of sulfonamides is 1. The zero-order chi connectivity index (χ0) is 30.3. The van der Waals surface area contributed by atoms with E-state index in [1.54, 1.807) is 62.4 Å². The van der Waals surface area contributed by atoms with Gasteiger partial charge in [-0.15, -0.1) is 0 Å². The third-order valence-corrected chi connectivity index (χ3v) is 9.68. The van der Waals surface area contributed by atoms with Gasteiger partial charge in [-0.05, 0) is 74.7 Å². The van der Waals surface area contributed by atoms with Gasteiger partial charge in [0.05, 0.1) is 17.2 Å². The molecule has 1 aliphatic rings. The van der Waals surface area contributed by atoms with Crippen molar-refractivity contribution in [1.82, 2.24) is 10.2 Å². The minimum Gasteiger partial charge on any atom is -0.492 e. The second-order valence-electron chi connectivity index (χ2n) is 10.1. The number of hydrogen-bond acceptors (Lipinski definition) is 5. The number of halogens is 2. The van der Waals surface area contributed by atoms with Gasteiger partial charge in [-0.2, -0.15) is 0 Å². The standard InChI is InChI=1S/C31H35Cl2N3O5S/c1-3-41-29-15-9-8-14-28(29)36(42(39,40)26-18-16-24(32)17-19-26)21-30(37)35(20-23-10-4-7-13-27(23)33)22(2)31(38)34-25-11-5-6-12-25/h4,7-10,13-19,22,25H,3,5-6,11-12,20-21H2,1-2H3,(H,34,38)/t22-/m0/s1. The third kappa shape index (κ3) is 7.56. The van der Waals surface area contributed by atoms with E-state index in [2.05, 4.69) is 5.32 Å². The summed E-state index contributed by atoms with van der Waals surface area (Å²) in [4.78, 5) is 28.9. The molecular weight excluding hydrogens is 597 g/mol. The minimum absolute atomic E-state index is 0.0136. The fourth-order valence-electron chi connectivity index (χ4n) is 4.97. The monoisotopic (exact) mass is 631 g/mol. The van der Waals surface area contributed by atoms with Crippen molar-refractivity contribution < 1.29 is 22.7 Å². The molecule has 8 nitrogen and oxygen atoms in total. The van der Waals surface area contributed by atoms with E-state index in [-0.39, 0.29) is 35.7 Å². The molecule has 2 amide bonds. The van der Waals surface area contributed by atoms with Gasteiger partial charge in [0.25, 0.3) is 10.0 Å². The van der Waals surface area contributed by atoms with Crippen LogP contribution in [0.3, 0.4) is 0 Å². The van der Waals surface area contributed by atoms with Crippen molar-refractivity contribution in [3.05, 3.63) is 88.4 Å². The maximum atomic E-state index is 14.2. The largest absolute Gasteiger partial charge is 0.492 e. The summed E-state index contributed by atoms with van der Waals surface area (Å²) < 4.78 is 34.9. The predicted molar refractivity (Wildman–Crippen MR) is 165 cm³/mol. The van der Waals surface area contributed by atoms with Crippen LogP contribution in [0.25, 0.3) is 0 Å². The molecule has 1 aliphatic carbocycles. The van der Waals surface area contributed by atoms with Gasteiger partial charge >= 0.3 is 0 Å². The molecule has 4 rings (SSSR count). The first kappa shape index (κ1) is 31.7. The molecule has 0 saturated heterocycles. The van der Waals surface area contributed by atoms with E-state index in [1.807, 2.05) is 0 Å². The minimum atomic E-state index is -4.27. The topological polar surface area (TPSA) is 96.0 Å². The highest BCUT2D eigenvalue weighted by Gasteiger charge is 2.34. The summed E-state index contributed by atoms with van der Waals surface area (Å²) in [5, 5.41) is 3.87. The Labute approximate surface area is 257 Å². The van der Waals surface area contributed by atoms with Crippen LogP contribution in [0.4, 0.5) is 5.69 Å². The van der Waals surface area contributed by atoms with E-state index >= 15 is 0 Å². The number of carbonyl (C=O) groups excluding carboxylic acids is 2. The molecule has 224 valence electrons. The molecule has 1 saturated carbocycles. The average molecular weight is 633 g/mol. The Hall–Kier alpha value is -3.27. The Morgan fingerprint density at radius 1 is 0.976 bits per heavy atom. The molecule has 0 aromatic heterocycles. The lowest BCUT2D eigenvalue weighted by Crippen LogP contribution is -2.52. The molecule has 0 bridgehead atoms. The number of ether oxygens (including phenoxy) is 1. The van der Waals surface area contributed by atoms with Crippen molar-refractivity contribution in [2.45, 2.75) is 63.1 Å². The Morgan fingerprint density at radius 3 is 2.29 bits per heavy atom. The highest BCUT2D eigenvalue weighted by atomic mass is 35.5. The number of rotatable bonds is 12. The van der Waals surface area contributed by atoms with Crippen LogP contribution in [0.1, 0.15) is 45.1 Å². The van der Waals surface area contributed by atoms with Crippen LogP contribution in [0.5, 0.6) is 5.75 Å². The van der Waals surface area contributed by atoms with Gasteiger partial charge in [0.1, 0.15) is 18.3 Å². The SMILES string of the molecule is CCOc1ccccc1N(CC(=O)N(Cc1ccccc1Cl)[C@@H](C)C(=O)NC1CCCC1)S(=O)(=O)c1ccc(Cl)cc1. The maximum absolute atomic E-state index is 14.2. The summed E-state index contributed by atoms with van der Waals surface area (Å²) in [6, 6.07) is 18.6. The molecule has 0 radical (unpaired) electrons. The number of nitrogens with one attached hydrogen (secondary N) is 1. The second kappa shape index (κ2) is 14.3. The first-order valence-electron chi connectivity index (χ1n) is 13.9. The van der Waals surface area contributed by atoms with Crippen LogP contribution in [0.2, 0.25) is 10.0 Å². The van der Waals surface area contributed by atoms with Crippen LogP contribution in [0, 0.1) is 0 Å². The van der Waals surface area contributed by atoms with Crippen molar-refractivity contribution in [1.29, 1.82) is 0 Å². The molecule has 11 heteroatoms. The molecule has 0 spiro atoms. The first-order valence-corrected chi connectivity index (χ1v) is 16.1. The fourth-order valence-corrected chi connectivity index (χ4v) is 6.72. The number of amides is 2. The quantitative estimate of drug-likeness (QED) is 0.262. The number of carbonyl (C=O) groups is 2. The van der Waals surface area contributed by atoms with Crippen molar-refractivity contribution in [3.8, 4) is 5.75 Å². The van der Waals surface area contributed by atoms with E-state index in [0.29, 0.717) is 21.4 Å². The molecular formula is C31H35Cl2N3O5S. The fraction of sp³-hybridized carbons (Fsp3) is 0.355. The lowest BCUT2D eigenvalue weighted by atomic mass is 10.1. The Kier molecular flexibility index (Phi) is 10.8. The average Bonchev–Trinajstić information content (AvgIpc) is 3.49. The van der Waals surface area contributed by atoms with Crippen LogP contribution in [-0.2, 0) is 26.2 Å². The number of anilines is 1. The van der Waals surface area contributed by atoms with Crippen LogP contribution < -0.4 is 14.4 Å². The van der Waals surface area contributed by atoms with E-state index in [9.17, 15) is 18.0 Å². The number of hydrogen-bond donors (Lipinski definition) is 1. The number of para-hydroxylation sites is 2. The van der Waals surface area contributed by atoms with Gasteiger partial charge < -0.3 is 15.0 Å². The third-order valence-electron chi connectivity index (χ3n) is 7.28. The maximum Gasteiger partial charge on any atom is 0.264 e. The molecule has 42 heavy (non-hydrogen) atoms. The van der Waals surface area contributed by atoms with Gasteiger partial charge in [0.2, 0.25) is 11.8 Å². The lowest BCUT2D eigenvalue weighted by molar-refractivity contribution is -0.139. The van der Waals surface area contributed by atoms with Gasteiger partial charge in [0, 0.05) is 22.6 Å². The molecule has 0 unspecified atom stereocenters. The van der Waals surface area contributed by atoms with Gasteiger partial charge in [0.15, 0.2) is 0 Å². The normalized spacial score (nSPS) is 14.3. The van der Waals surface area contributed by atoms with Crippen molar-refractivity contribution in [3.63, 3.8) is 0 Å². The molecule has 1 fully saturated rings. The van der Waals surface area contributed by atoms with E-state index in [0.717, 1.165) is 30.0 Å². The van der Waals surface area contributed by atoms with Gasteiger partial charge in [-0.25, -0.2) is 8.42 Å². The van der Waals surface area contributed by atoms with Crippen molar-refractivity contribution in [2.75, 3.05) is 17.5 Å². The molecule has 0 aliphatic heterocycles. The summed E-state index contributed by atoms with van der Waals surface area (Å²) in [5.41, 5.74) is 0.832. The second-order valence-corrected chi connectivity index (χ2v) is 12.9. The summed E-state index contributed by atoms with van der Waals surface area (Å²) in [5.74, 6) is -0.577. The van der Waals surface area contributed by atoms with E-state index < -0.39 is 28.5 Å². The van der Waals surface area contributed by atoms with E-state index in [1.165, 1.54) is 29.2 Å².